The maximum absolute atomic E-state index is 12.6. The molecule has 9 nitrogen and oxygen atoms in total. The normalized spacial score (nSPS) is 13.6. The van der Waals surface area contributed by atoms with Gasteiger partial charge < -0.3 is 19.7 Å². The van der Waals surface area contributed by atoms with Crippen LogP contribution in [-0.2, 0) is 14.3 Å². The Bertz CT molecular complexity index is 979. The van der Waals surface area contributed by atoms with Crippen molar-refractivity contribution >= 4 is 52.1 Å². The van der Waals surface area contributed by atoms with Gasteiger partial charge >= 0.3 is 5.97 Å². The van der Waals surface area contributed by atoms with E-state index in [1.165, 1.54) is 24.3 Å². The molecule has 0 unspecified atom stereocenters. The summed E-state index contributed by atoms with van der Waals surface area (Å²) < 4.78 is 10.4. The first kappa shape index (κ1) is 21.8. The Balaban J connectivity index is 1.72. The van der Waals surface area contributed by atoms with E-state index >= 15 is 0 Å². The van der Waals surface area contributed by atoms with Gasteiger partial charge in [0.1, 0.15) is 0 Å². The molecule has 3 rings (SSSR count). The van der Waals surface area contributed by atoms with Gasteiger partial charge in [0.05, 0.1) is 40.1 Å². The lowest BCUT2D eigenvalue weighted by Gasteiger charge is -2.30. The van der Waals surface area contributed by atoms with Crippen LogP contribution in [0, 0.1) is 10.1 Å². The number of morpholine rings is 1. The molecule has 0 spiro atoms. The number of nitro groups is 1. The van der Waals surface area contributed by atoms with Crippen molar-refractivity contribution in [3.8, 4) is 0 Å². The number of carbonyl (C=O) groups is 2. The predicted octanol–water partition coefficient (Wildman–Crippen LogP) is 3.53. The second kappa shape index (κ2) is 9.75. The molecule has 2 aromatic carbocycles. The minimum absolute atomic E-state index is 0.00317. The van der Waals surface area contributed by atoms with E-state index in [2.05, 4.69) is 5.32 Å². The summed E-state index contributed by atoms with van der Waals surface area (Å²) in [6, 6.07) is 8.47. The molecule has 30 heavy (non-hydrogen) atoms. The Morgan fingerprint density at radius 3 is 2.57 bits per heavy atom. The summed E-state index contributed by atoms with van der Waals surface area (Å²) in [7, 11) is 0. The second-order valence-corrected chi connectivity index (χ2v) is 7.15. The minimum Gasteiger partial charge on any atom is -0.452 e. The van der Waals surface area contributed by atoms with Crippen molar-refractivity contribution in [3.63, 3.8) is 0 Å². The van der Waals surface area contributed by atoms with Crippen LogP contribution in [0.15, 0.2) is 36.4 Å². The van der Waals surface area contributed by atoms with E-state index in [0.29, 0.717) is 42.7 Å². The van der Waals surface area contributed by atoms with Crippen LogP contribution in [0.4, 0.5) is 17.1 Å². The fraction of sp³-hybridized carbons (Fsp3) is 0.263. The third-order valence-electron chi connectivity index (χ3n) is 4.30. The molecule has 158 valence electrons. The number of halogens is 2. The van der Waals surface area contributed by atoms with Gasteiger partial charge in [-0.2, -0.15) is 0 Å². The molecule has 1 fully saturated rings. The highest BCUT2D eigenvalue weighted by Crippen LogP contribution is 2.28. The molecule has 0 bridgehead atoms. The predicted molar refractivity (Wildman–Crippen MR) is 112 cm³/mol. The van der Waals surface area contributed by atoms with Gasteiger partial charge in [-0.25, -0.2) is 4.79 Å². The van der Waals surface area contributed by atoms with Crippen molar-refractivity contribution in [2.45, 2.75) is 0 Å². The van der Waals surface area contributed by atoms with Crippen LogP contribution in [0.2, 0.25) is 10.0 Å². The molecule has 1 heterocycles. The number of carbonyl (C=O) groups excluding carboxylic acids is 2. The van der Waals surface area contributed by atoms with Crippen LogP contribution in [0.1, 0.15) is 10.4 Å². The average molecular weight is 454 g/mol. The number of nitrogens with one attached hydrogen (secondary N) is 1. The van der Waals surface area contributed by atoms with E-state index in [1.54, 1.807) is 6.07 Å². The van der Waals surface area contributed by atoms with Crippen LogP contribution in [-0.4, -0.2) is 49.7 Å². The quantitative estimate of drug-likeness (QED) is 0.404. The summed E-state index contributed by atoms with van der Waals surface area (Å²) >= 11 is 11.8. The lowest BCUT2D eigenvalue weighted by molar-refractivity contribution is -0.384. The number of benzene rings is 2. The topological polar surface area (TPSA) is 111 Å². The van der Waals surface area contributed by atoms with E-state index in [9.17, 15) is 19.7 Å². The molecule has 1 saturated heterocycles. The van der Waals surface area contributed by atoms with Crippen molar-refractivity contribution in [1.29, 1.82) is 0 Å². The van der Waals surface area contributed by atoms with Crippen molar-refractivity contribution in [2.75, 3.05) is 43.1 Å². The first-order valence-electron chi connectivity index (χ1n) is 8.88. The van der Waals surface area contributed by atoms with Crippen LogP contribution in [0.5, 0.6) is 0 Å². The number of nitrogens with zero attached hydrogens (tertiary/aromatic N) is 2. The number of nitro benzene ring substituents is 1. The number of rotatable bonds is 6. The van der Waals surface area contributed by atoms with Gasteiger partial charge in [-0.15, -0.1) is 0 Å². The molecule has 2 aromatic rings. The summed E-state index contributed by atoms with van der Waals surface area (Å²) in [5, 5.41) is 14.3. The Morgan fingerprint density at radius 1 is 1.17 bits per heavy atom. The Kier molecular flexibility index (Phi) is 7.09. The maximum Gasteiger partial charge on any atom is 0.341 e. The number of hydrogen-bond donors (Lipinski definition) is 1. The highest BCUT2D eigenvalue weighted by molar-refractivity contribution is 6.36. The number of non-ortho nitro benzene ring substituents is 1. The zero-order chi connectivity index (χ0) is 21.7. The van der Waals surface area contributed by atoms with E-state index in [0.717, 1.165) is 6.07 Å². The fourth-order valence-corrected chi connectivity index (χ4v) is 3.32. The van der Waals surface area contributed by atoms with Crippen molar-refractivity contribution in [2.24, 2.45) is 0 Å². The standard InChI is InChI=1S/C19H17Cl2N3O6/c20-12-1-3-16(15(21)9-12)22-18(25)11-30-19(26)14-10-13(24(27)28)2-4-17(14)23-5-7-29-8-6-23/h1-4,9-10H,5-8,11H2,(H,22,25). The Labute approximate surface area is 181 Å². The third kappa shape index (κ3) is 5.38. The van der Waals surface area contributed by atoms with Gasteiger partial charge in [-0.05, 0) is 24.3 Å². The average Bonchev–Trinajstić information content (AvgIpc) is 2.74. The molecule has 0 radical (unpaired) electrons. The first-order valence-corrected chi connectivity index (χ1v) is 9.64. The number of anilines is 2. The Morgan fingerprint density at radius 2 is 1.90 bits per heavy atom. The van der Waals surface area contributed by atoms with Gasteiger partial charge in [-0.3, -0.25) is 14.9 Å². The van der Waals surface area contributed by atoms with E-state index in [4.69, 9.17) is 32.7 Å². The van der Waals surface area contributed by atoms with Gasteiger partial charge in [0.15, 0.2) is 6.61 Å². The molecule has 0 aromatic heterocycles. The van der Waals surface area contributed by atoms with Crippen LogP contribution < -0.4 is 10.2 Å². The highest BCUT2D eigenvalue weighted by atomic mass is 35.5. The van der Waals surface area contributed by atoms with E-state index in [-0.39, 0.29) is 16.3 Å². The second-order valence-electron chi connectivity index (χ2n) is 6.31. The fourth-order valence-electron chi connectivity index (χ4n) is 2.87. The molecule has 1 N–H and O–H groups in total. The molecule has 1 aliphatic heterocycles. The molecule has 1 aliphatic rings. The zero-order valence-corrected chi connectivity index (χ0v) is 17.1. The molecule has 1 amide bonds. The molecule has 0 aliphatic carbocycles. The van der Waals surface area contributed by atoms with Crippen LogP contribution in [0.25, 0.3) is 0 Å². The molecule has 11 heteroatoms. The van der Waals surface area contributed by atoms with E-state index in [1.807, 2.05) is 4.90 Å². The first-order chi connectivity index (χ1) is 14.3. The summed E-state index contributed by atoms with van der Waals surface area (Å²) in [5.74, 6) is -1.47. The van der Waals surface area contributed by atoms with Crippen LogP contribution in [0.3, 0.4) is 0 Å². The lowest BCUT2D eigenvalue weighted by Crippen LogP contribution is -2.37. The molecular formula is C19H17Cl2N3O6. The number of amides is 1. The maximum atomic E-state index is 12.6. The largest absolute Gasteiger partial charge is 0.452 e. The van der Waals surface area contributed by atoms with Crippen molar-refractivity contribution < 1.29 is 24.0 Å². The molecule has 0 atom stereocenters. The van der Waals surface area contributed by atoms with Crippen LogP contribution >= 0.6 is 23.2 Å². The van der Waals surface area contributed by atoms with Gasteiger partial charge in [0, 0.05) is 30.2 Å². The smallest absolute Gasteiger partial charge is 0.341 e. The SMILES string of the molecule is O=C(COC(=O)c1cc([N+](=O)[O-])ccc1N1CCOCC1)Nc1ccc(Cl)cc1Cl. The minimum atomic E-state index is -0.849. The van der Waals surface area contributed by atoms with Crippen molar-refractivity contribution in [3.05, 3.63) is 62.1 Å². The third-order valence-corrected chi connectivity index (χ3v) is 4.85. The number of esters is 1. The van der Waals surface area contributed by atoms with Gasteiger partial charge in [0.2, 0.25) is 0 Å². The van der Waals surface area contributed by atoms with E-state index < -0.39 is 23.4 Å². The summed E-state index contributed by atoms with van der Waals surface area (Å²) in [5.41, 5.74) is 0.543. The highest BCUT2D eigenvalue weighted by Gasteiger charge is 2.23. The summed E-state index contributed by atoms with van der Waals surface area (Å²) in [4.78, 5) is 37.1. The van der Waals surface area contributed by atoms with Gasteiger partial charge in [-0.1, -0.05) is 23.2 Å². The summed E-state index contributed by atoms with van der Waals surface area (Å²) in [6.07, 6.45) is 0. The summed E-state index contributed by atoms with van der Waals surface area (Å²) in [6.45, 7) is 1.38. The zero-order valence-electron chi connectivity index (χ0n) is 15.6. The number of ether oxygens (including phenoxy) is 2. The lowest BCUT2D eigenvalue weighted by atomic mass is 10.1. The monoisotopic (exact) mass is 453 g/mol. The number of hydrogen-bond acceptors (Lipinski definition) is 7. The molecule has 0 saturated carbocycles. The van der Waals surface area contributed by atoms with Gasteiger partial charge in [0.25, 0.3) is 11.6 Å². The molecular weight excluding hydrogens is 437 g/mol. The Hall–Kier alpha value is -2.88. The van der Waals surface area contributed by atoms with Crippen molar-refractivity contribution in [1.82, 2.24) is 0 Å².